The summed E-state index contributed by atoms with van der Waals surface area (Å²) >= 11 is 6.21. The second kappa shape index (κ2) is 6.80. The van der Waals surface area contributed by atoms with E-state index in [0.717, 1.165) is 28.2 Å². The van der Waals surface area contributed by atoms with Crippen molar-refractivity contribution in [3.05, 3.63) is 58.1 Å². The number of hydrogen-bond acceptors (Lipinski definition) is 4. The molecule has 0 heterocycles. The minimum atomic E-state index is -0.242. The molecule has 0 radical (unpaired) electrons. The summed E-state index contributed by atoms with van der Waals surface area (Å²) in [5.41, 5.74) is 5.70. The first-order valence-corrected chi connectivity index (χ1v) is 6.93. The molecule has 0 aromatic heterocycles. The van der Waals surface area contributed by atoms with Gasteiger partial charge in [-0.25, -0.2) is 5.43 Å². The van der Waals surface area contributed by atoms with Crippen LogP contribution in [0.1, 0.15) is 22.7 Å². The van der Waals surface area contributed by atoms with Gasteiger partial charge < -0.3 is 9.47 Å². The molecule has 0 amide bonds. The monoisotopic (exact) mass is 306 g/mol. The third-order valence-electron chi connectivity index (χ3n) is 3.54. The summed E-state index contributed by atoms with van der Waals surface area (Å²) in [6, 6.07) is 11.1. The number of hydrogen-bond donors (Lipinski definition) is 2. The van der Waals surface area contributed by atoms with Crippen molar-refractivity contribution in [3.63, 3.8) is 0 Å². The molecule has 21 heavy (non-hydrogen) atoms. The molecule has 112 valence electrons. The van der Waals surface area contributed by atoms with Crippen molar-refractivity contribution >= 4 is 11.6 Å². The summed E-state index contributed by atoms with van der Waals surface area (Å²) in [5.74, 6) is 7.26. The van der Waals surface area contributed by atoms with E-state index >= 15 is 0 Å². The zero-order valence-corrected chi connectivity index (χ0v) is 13.1. The lowest BCUT2D eigenvalue weighted by atomic mass is 9.94. The Kier molecular flexibility index (Phi) is 5.07. The number of nitrogens with one attached hydrogen (secondary N) is 1. The first kappa shape index (κ1) is 15.6. The Labute approximate surface area is 129 Å². The van der Waals surface area contributed by atoms with Crippen LogP contribution in [0.4, 0.5) is 0 Å². The molecule has 0 spiro atoms. The van der Waals surface area contributed by atoms with Crippen LogP contribution < -0.4 is 20.7 Å². The van der Waals surface area contributed by atoms with Crippen LogP contribution in [-0.4, -0.2) is 14.2 Å². The van der Waals surface area contributed by atoms with Crippen molar-refractivity contribution in [3.8, 4) is 11.5 Å². The van der Waals surface area contributed by atoms with E-state index in [2.05, 4.69) is 5.43 Å². The van der Waals surface area contributed by atoms with Gasteiger partial charge in [0.15, 0.2) is 0 Å². The quantitative estimate of drug-likeness (QED) is 0.658. The molecule has 0 aliphatic carbocycles. The molecule has 1 unspecified atom stereocenters. The van der Waals surface area contributed by atoms with Gasteiger partial charge in [0.1, 0.15) is 11.5 Å². The zero-order valence-electron chi connectivity index (χ0n) is 12.3. The topological polar surface area (TPSA) is 56.5 Å². The van der Waals surface area contributed by atoms with Gasteiger partial charge in [0, 0.05) is 10.6 Å². The Morgan fingerprint density at radius 1 is 1.10 bits per heavy atom. The van der Waals surface area contributed by atoms with Crippen LogP contribution in [0.3, 0.4) is 0 Å². The van der Waals surface area contributed by atoms with Gasteiger partial charge in [-0.2, -0.15) is 0 Å². The summed E-state index contributed by atoms with van der Waals surface area (Å²) in [7, 11) is 3.25. The van der Waals surface area contributed by atoms with Crippen LogP contribution in [0.25, 0.3) is 0 Å². The van der Waals surface area contributed by atoms with Gasteiger partial charge in [-0.05, 0) is 42.3 Å². The maximum Gasteiger partial charge on any atom is 0.124 e. The number of rotatable bonds is 5. The Morgan fingerprint density at radius 3 is 2.48 bits per heavy atom. The first-order chi connectivity index (χ1) is 10.1. The van der Waals surface area contributed by atoms with Gasteiger partial charge in [-0.3, -0.25) is 5.84 Å². The highest BCUT2D eigenvalue weighted by molar-refractivity contribution is 6.31. The summed E-state index contributed by atoms with van der Waals surface area (Å²) in [4.78, 5) is 0. The lowest BCUT2D eigenvalue weighted by Crippen LogP contribution is -2.29. The Hall–Kier alpha value is -1.75. The third-order valence-corrected chi connectivity index (χ3v) is 3.94. The summed E-state index contributed by atoms with van der Waals surface area (Å²) in [5, 5.41) is 0.703. The maximum absolute atomic E-state index is 6.21. The van der Waals surface area contributed by atoms with Crippen LogP contribution in [0.15, 0.2) is 36.4 Å². The van der Waals surface area contributed by atoms with Gasteiger partial charge in [-0.1, -0.05) is 23.7 Å². The number of nitrogens with two attached hydrogens (primary N) is 1. The fourth-order valence-electron chi connectivity index (χ4n) is 2.35. The lowest BCUT2D eigenvalue weighted by molar-refractivity contribution is 0.394. The zero-order chi connectivity index (χ0) is 15.4. The molecule has 0 aliphatic heterocycles. The van der Waals surface area contributed by atoms with Crippen molar-refractivity contribution in [2.75, 3.05) is 14.2 Å². The second-order valence-electron chi connectivity index (χ2n) is 4.66. The van der Waals surface area contributed by atoms with Gasteiger partial charge in [-0.15, -0.1) is 0 Å². The van der Waals surface area contributed by atoms with E-state index < -0.39 is 0 Å². The Bertz CT molecular complexity index is 632. The normalized spacial score (nSPS) is 12.0. The van der Waals surface area contributed by atoms with Gasteiger partial charge >= 0.3 is 0 Å². The maximum atomic E-state index is 6.21. The molecule has 1 atom stereocenters. The third kappa shape index (κ3) is 3.13. The highest BCUT2D eigenvalue weighted by Crippen LogP contribution is 2.35. The molecule has 0 saturated heterocycles. The predicted molar refractivity (Wildman–Crippen MR) is 84.9 cm³/mol. The molecule has 4 nitrogen and oxygen atoms in total. The standard InChI is InChI=1S/C16H19ClN2O2/c1-10-12(5-4-6-14(10)17)16(19-18)13-9-11(20-2)7-8-15(13)21-3/h4-9,16,19H,18H2,1-3H3. The minimum absolute atomic E-state index is 0.242. The fraction of sp³-hybridized carbons (Fsp3) is 0.250. The van der Waals surface area contributed by atoms with Crippen molar-refractivity contribution in [1.82, 2.24) is 5.43 Å². The average molecular weight is 307 g/mol. The largest absolute Gasteiger partial charge is 0.497 e. The van der Waals surface area contributed by atoms with Crippen LogP contribution in [0.2, 0.25) is 5.02 Å². The highest BCUT2D eigenvalue weighted by Gasteiger charge is 2.20. The molecule has 0 fully saturated rings. The second-order valence-corrected chi connectivity index (χ2v) is 5.07. The van der Waals surface area contributed by atoms with E-state index in [0.29, 0.717) is 5.02 Å². The Morgan fingerprint density at radius 2 is 1.86 bits per heavy atom. The molecular weight excluding hydrogens is 288 g/mol. The molecule has 0 bridgehead atoms. The molecular formula is C16H19ClN2O2. The van der Waals surface area contributed by atoms with Gasteiger partial charge in [0.2, 0.25) is 0 Å². The van der Waals surface area contributed by atoms with Crippen LogP contribution in [0.5, 0.6) is 11.5 Å². The number of benzene rings is 2. The van der Waals surface area contributed by atoms with Crippen LogP contribution in [0, 0.1) is 6.92 Å². The number of hydrazine groups is 1. The summed E-state index contributed by atoms with van der Waals surface area (Å²) < 4.78 is 10.7. The minimum Gasteiger partial charge on any atom is -0.497 e. The molecule has 2 rings (SSSR count). The molecule has 3 N–H and O–H groups in total. The SMILES string of the molecule is COc1ccc(OC)c(C(NN)c2cccc(Cl)c2C)c1. The smallest absolute Gasteiger partial charge is 0.124 e. The first-order valence-electron chi connectivity index (χ1n) is 6.55. The van der Waals surface area contributed by atoms with E-state index in [-0.39, 0.29) is 6.04 Å². The highest BCUT2D eigenvalue weighted by atomic mass is 35.5. The van der Waals surface area contributed by atoms with Crippen molar-refractivity contribution in [2.24, 2.45) is 5.84 Å². The van der Waals surface area contributed by atoms with Crippen LogP contribution in [-0.2, 0) is 0 Å². The summed E-state index contributed by atoms with van der Waals surface area (Å²) in [6.45, 7) is 1.97. The molecule has 0 saturated carbocycles. The van der Waals surface area contributed by atoms with E-state index in [1.165, 1.54) is 0 Å². The number of ether oxygens (including phenoxy) is 2. The Balaban J connectivity index is 2.57. The average Bonchev–Trinajstić information content (AvgIpc) is 2.52. The van der Waals surface area contributed by atoms with E-state index in [1.807, 2.05) is 43.3 Å². The molecule has 2 aromatic rings. The van der Waals surface area contributed by atoms with Crippen LogP contribution >= 0.6 is 11.6 Å². The van der Waals surface area contributed by atoms with Gasteiger partial charge in [0.25, 0.3) is 0 Å². The molecule has 2 aromatic carbocycles. The summed E-state index contributed by atoms with van der Waals surface area (Å²) in [6.07, 6.45) is 0. The van der Waals surface area contributed by atoms with Crippen molar-refractivity contribution < 1.29 is 9.47 Å². The van der Waals surface area contributed by atoms with Crippen molar-refractivity contribution in [1.29, 1.82) is 0 Å². The van der Waals surface area contributed by atoms with Crippen molar-refractivity contribution in [2.45, 2.75) is 13.0 Å². The fourth-order valence-corrected chi connectivity index (χ4v) is 2.53. The van der Waals surface area contributed by atoms with E-state index in [9.17, 15) is 0 Å². The number of methoxy groups -OCH3 is 2. The lowest BCUT2D eigenvalue weighted by Gasteiger charge is -2.22. The van der Waals surface area contributed by atoms with E-state index in [4.69, 9.17) is 26.9 Å². The van der Waals surface area contributed by atoms with E-state index in [1.54, 1.807) is 14.2 Å². The molecule has 0 aliphatic rings. The predicted octanol–water partition coefficient (Wildman–Crippen LogP) is 3.22. The van der Waals surface area contributed by atoms with Gasteiger partial charge in [0.05, 0.1) is 20.3 Å². The number of halogens is 1. The molecule has 5 heteroatoms.